The predicted molar refractivity (Wildman–Crippen MR) is 14.5 cm³/mol. The minimum Gasteiger partial charge on any atom is -1.00 e. The Balaban J connectivity index is 0. The van der Waals surface area contributed by atoms with E-state index in [-0.39, 0.29) is 83.7 Å². The molecule has 0 aromatic heterocycles. The number of hydrogen-bond acceptors (Lipinski definition) is 0. The van der Waals surface area contributed by atoms with Crippen molar-refractivity contribution >= 4 is 0 Å². The molecule has 0 aliphatic heterocycles. The predicted octanol–water partition coefficient (Wildman–Crippen LogP) is -6.29. The van der Waals surface area contributed by atoms with Crippen molar-refractivity contribution in [2.75, 3.05) is 0 Å². The molecule has 0 saturated heterocycles. The van der Waals surface area contributed by atoms with Crippen LogP contribution in [0.15, 0.2) is 0 Å². The van der Waals surface area contributed by atoms with E-state index in [9.17, 15) is 0 Å². The van der Waals surface area contributed by atoms with E-state index in [4.69, 9.17) is 0 Å². The minimum atomic E-state index is 0. The van der Waals surface area contributed by atoms with Crippen LogP contribution in [0, 0.1) is 49.4 Å². The normalized spacial score (nSPS) is 0. The Kier molecular flexibility index (Phi) is 1470. The topological polar surface area (TPSA) is 126 Å². The molecule has 8 N–H and O–H groups in total. The summed E-state index contributed by atoms with van der Waals surface area (Å²) in [5.41, 5.74) is 0. The molecule has 0 saturated carbocycles. The van der Waals surface area contributed by atoms with Gasteiger partial charge >= 0.3 is 49.4 Å². The van der Waals surface area contributed by atoms with Gasteiger partial charge in [-0.3, -0.25) is 0 Å². The van der Waals surface area contributed by atoms with Crippen molar-refractivity contribution < 1.29 is 83.7 Å². The maximum atomic E-state index is 0. The van der Waals surface area contributed by atoms with Crippen LogP contribution in [-0.2, 0) is 0 Å². The molecule has 0 rings (SSSR count). The molecule has 6 heteroatoms. The summed E-state index contributed by atoms with van der Waals surface area (Å²) in [6, 6.07) is 0. The Labute approximate surface area is 82.5 Å². The first-order valence-electron chi connectivity index (χ1n) is 0. The molecule has 0 heterocycles. The molecule has 0 amide bonds. The summed E-state index contributed by atoms with van der Waals surface area (Å²) < 4.78 is 0. The fourth-order valence-electron chi connectivity index (χ4n) is 0. The van der Waals surface area contributed by atoms with Crippen molar-refractivity contribution in [2.24, 2.45) is 0 Å². The van der Waals surface area contributed by atoms with Crippen molar-refractivity contribution in [1.82, 2.24) is 0 Å². The molecule has 0 aliphatic rings. The third-order valence-electron chi connectivity index (χ3n) is 0. The van der Waals surface area contributed by atoms with Crippen LogP contribution in [0.25, 0.3) is 0 Å². The van der Waals surface area contributed by atoms with Crippen LogP contribution >= 0.6 is 0 Å². The molecule has 6 heavy (non-hydrogen) atoms. The van der Waals surface area contributed by atoms with Gasteiger partial charge in [0.05, 0.1) is 0 Å². The Bertz CT molecular complexity index is 7.51. The van der Waals surface area contributed by atoms with E-state index in [1.54, 1.807) is 0 Å². The fraction of sp³-hybridized carbons (Fsp3) is 0. The van der Waals surface area contributed by atoms with Crippen LogP contribution in [0.1, 0.15) is 0 Å². The van der Waals surface area contributed by atoms with Crippen LogP contribution < -0.4 is 12.4 Å². The van der Waals surface area contributed by atoms with Gasteiger partial charge in [0.15, 0.2) is 0 Å². The molecule has 0 atom stereocenters. The second kappa shape index (κ2) is 74.6. The summed E-state index contributed by atoms with van der Waals surface area (Å²) in [6.07, 6.45) is 0. The van der Waals surface area contributed by atoms with Gasteiger partial charge in [0.25, 0.3) is 0 Å². The molecule has 0 fully saturated rings. The van der Waals surface area contributed by atoms with E-state index in [0.29, 0.717) is 0 Å². The van der Waals surface area contributed by atoms with Gasteiger partial charge < -0.3 is 34.3 Å². The average molecular weight is 259 g/mol. The zero-order valence-corrected chi connectivity index (χ0v) is 5.94. The SMILES string of the molecule is O.O.O.O.[Cl-].[Eu+2]. The molecule has 0 aromatic rings. The third kappa shape index (κ3) is 43.2. The van der Waals surface area contributed by atoms with Crippen LogP contribution in [0.2, 0.25) is 0 Å². The molecular formula is H8ClEuO4+. The van der Waals surface area contributed by atoms with E-state index in [1.807, 2.05) is 0 Å². The van der Waals surface area contributed by atoms with Crippen molar-refractivity contribution in [1.29, 1.82) is 0 Å². The minimum absolute atomic E-state index is 0. The molecule has 1 radical (unpaired) electrons. The monoisotopic (exact) mass is 260 g/mol. The first kappa shape index (κ1) is 118. The molecule has 45 valence electrons. The molecular weight excluding hydrogens is 251 g/mol. The summed E-state index contributed by atoms with van der Waals surface area (Å²) >= 11 is 0. The first-order chi connectivity index (χ1) is 0. The van der Waals surface area contributed by atoms with Crippen molar-refractivity contribution in [3.8, 4) is 0 Å². The van der Waals surface area contributed by atoms with Crippen LogP contribution in [0.3, 0.4) is 0 Å². The Morgan fingerprint density at radius 1 is 0.500 bits per heavy atom. The average Bonchev–Trinajstić information content (AvgIpc) is 0. The van der Waals surface area contributed by atoms with Crippen LogP contribution in [-0.4, -0.2) is 21.9 Å². The second-order valence-electron chi connectivity index (χ2n) is 0. The molecule has 0 unspecified atom stereocenters. The fourth-order valence-corrected chi connectivity index (χ4v) is 0. The van der Waals surface area contributed by atoms with Crippen molar-refractivity contribution in [3.05, 3.63) is 0 Å². The summed E-state index contributed by atoms with van der Waals surface area (Å²) in [6.45, 7) is 0. The maximum Gasteiger partial charge on any atom is 2.00 e. The summed E-state index contributed by atoms with van der Waals surface area (Å²) in [7, 11) is 0. The Morgan fingerprint density at radius 2 is 0.500 bits per heavy atom. The quantitative estimate of drug-likeness (QED) is 0.410. The molecule has 0 spiro atoms. The summed E-state index contributed by atoms with van der Waals surface area (Å²) in [5, 5.41) is 0. The second-order valence-corrected chi connectivity index (χ2v) is 0. The van der Waals surface area contributed by atoms with E-state index in [2.05, 4.69) is 0 Å². The summed E-state index contributed by atoms with van der Waals surface area (Å²) in [5.74, 6) is 0. The zero-order chi connectivity index (χ0) is 0. The maximum absolute atomic E-state index is 0. The van der Waals surface area contributed by atoms with Gasteiger partial charge in [-0.25, -0.2) is 0 Å². The smallest absolute Gasteiger partial charge is 1.00 e. The van der Waals surface area contributed by atoms with Crippen molar-refractivity contribution in [3.63, 3.8) is 0 Å². The first-order valence-corrected chi connectivity index (χ1v) is 0. The molecule has 0 aromatic carbocycles. The summed E-state index contributed by atoms with van der Waals surface area (Å²) in [4.78, 5) is 0. The molecule has 0 bridgehead atoms. The number of rotatable bonds is 0. The van der Waals surface area contributed by atoms with E-state index in [1.165, 1.54) is 0 Å². The van der Waals surface area contributed by atoms with Gasteiger partial charge in [-0.2, -0.15) is 0 Å². The third-order valence-corrected chi connectivity index (χ3v) is 0. The van der Waals surface area contributed by atoms with Gasteiger partial charge in [0.2, 0.25) is 0 Å². The van der Waals surface area contributed by atoms with E-state index in [0.717, 1.165) is 0 Å². The Hall–Kier alpha value is 1.71. The van der Waals surface area contributed by atoms with Gasteiger partial charge in [-0.05, 0) is 0 Å². The van der Waals surface area contributed by atoms with Gasteiger partial charge in [-0.15, -0.1) is 0 Å². The van der Waals surface area contributed by atoms with Crippen LogP contribution in [0.5, 0.6) is 0 Å². The van der Waals surface area contributed by atoms with E-state index < -0.39 is 0 Å². The standard InChI is InChI=1S/ClH.Eu.4H2O/h1H;;4*1H2/q;+2;;;;/p-1. The Morgan fingerprint density at radius 3 is 0.500 bits per heavy atom. The van der Waals surface area contributed by atoms with Gasteiger partial charge in [0, 0.05) is 0 Å². The number of halogens is 1. The van der Waals surface area contributed by atoms with Gasteiger partial charge in [-0.1, -0.05) is 0 Å². The van der Waals surface area contributed by atoms with Crippen LogP contribution in [0.4, 0.5) is 0 Å². The largest absolute Gasteiger partial charge is 2.00 e. The van der Waals surface area contributed by atoms with Gasteiger partial charge in [0.1, 0.15) is 0 Å². The molecule has 4 nitrogen and oxygen atoms in total. The van der Waals surface area contributed by atoms with E-state index >= 15 is 0 Å². The zero-order valence-electron chi connectivity index (χ0n) is 2.76. The number of hydrogen-bond donors (Lipinski definition) is 0. The van der Waals surface area contributed by atoms with Crippen molar-refractivity contribution in [2.45, 2.75) is 0 Å². The molecule has 0 aliphatic carbocycles.